The quantitative estimate of drug-likeness (QED) is 0.415. The predicted octanol–water partition coefficient (Wildman–Crippen LogP) is 5.55. The lowest BCUT2D eigenvalue weighted by molar-refractivity contribution is -0.140. The second kappa shape index (κ2) is 13.4. The second-order valence-electron chi connectivity index (χ2n) is 8.96. The molecule has 0 bridgehead atoms. The third-order valence-corrected chi connectivity index (χ3v) is 6.58. The lowest BCUT2D eigenvalue weighted by atomic mass is 10.1. The van der Waals surface area contributed by atoms with Gasteiger partial charge in [-0.3, -0.25) is 9.59 Å². The summed E-state index contributed by atoms with van der Waals surface area (Å²) in [6.45, 7) is 7.07. The van der Waals surface area contributed by atoms with Gasteiger partial charge in [-0.1, -0.05) is 42.6 Å². The van der Waals surface area contributed by atoms with Crippen molar-refractivity contribution in [3.05, 3.63) is 58.6 Å². The number of ether oxygens (including phenoxy) is 2. The number of carbonyl (C=O) groups is 2. The third kappa shape index (κ3) is 7.89. The van der Waals surface area contributed by atoms with Crippen LogP contribution in [-0.4, -0.2) is 42.0 Å². The Morgan fingerprint density at radius 3 is 2.43 bits per heavy atom. The van der Waals surface area contributed by atoms with Gasteiger partial charge in [0.1, 0.15) is 6.04 Å². The van der Waals surface area contributed by atoms with Crippen molar-refractivity contribution in [3.8, 4) is 11.5 Å². The van der Waals surface area contributed by atoms with Gasteiger partial charge in [0.05, 0.1) is 13.2 Å². The summed E-state index contributed by atoms with van der Waals surface area (Å²) in [4.78, 5) is 28.1. The second-order valence-corrected chi connectivity index (χ2v) is 9.40. The summed E-state index contributed by atoms with van der Waals surface area (Å²) in [7, 11) is 0. The minimum Gasteiger partial charge on any atom is -0.490 e. The highest BCUT2D eigenvalue weighted by Crippen LogP contribution is 2.29. The van der Waals surface area contributed by atoms with Crippen LogP contribution in [0.5, 0.6) is 11.5 Å². The first kappa shape index (κ1) is 26.9. The van der Waals surface area contributed by atoms with E-state index in [4.69, 9.17) is 21.1 Å². The van der Waals surface area contributed by atoms with Crippen molar-refractivity contribution in [2.75, 3.05) is 13.2 Å². The molecule has 1 saturated carbocycles. The zero-order valence-electron chi connectivity index (χ0n) is 21.0. The van der Waals surface area contributed by atoms with E-state index in [0.29, 0.717) is 42.7 Å². The first-order valence-electron chi connectivity index (χ1n) is 12.6. The van der Waals surface area contributed by atoms with Crippen LogP contribution in [0.15, 0.2) is 42.5 Å². The lowest BCUT2D eigenvalue weighted by Crippen LogP contribution is -2.49. The van der Waals surface area contributed by atoms with Crippen LogP contribution in [0.2, 0.25) is 5.02 Å². The molecule has 2 amide bonds. The number of amides is 2. The van der Waals surface area contributed by atoms with Gasteiger partial charge in [-0.2, -0.15) is 0 Å². The Labute approximate surface area is 213 Å². The molecule has 0 spiro atoms. The highest BCUT2D eigenvalue weighted by molar-refractivity contribution is 6.30. The molecule has 0 saturated heterocycles. The summed E-state index contributed by atoms with van der Waals surface area (Å²) in [6.07, 6.45) is 5.09. The summed E-state index contributed by atoms with van der Waals surface area (Å²) < 4.78 is 11.4. The van der Waals surface area contributed by atoms with Crippen LogP contribution in [-0.2, 0) is 22.6 Å². The Bertz CT molecular complexity index is 991. The Hall–Kier alpha value is -2.73. The predicted molar refractivity (Wildman–Crippen MR) is 139 cm³/mol. The monoisotopic (exact) mass is 500 g/mol. The molecule has 0 aromatic heterocycles. The highest BCUT2D eigenvalue weighted by Gasteiger charge is 2.28. The minimum absolute atomic E-state index is 0.0779. The molecule has 35 heavy (non-hydrogen) atoms. The van der Waals surface area contributed by atoms with Crippen LogP contribution in [0.3, 0.4) is 0 Å². The van der Waals surface area contributed by atoms with Crippen molar-refractivity contribution in [1.29, 1.82) is 0 Å². The van der Waals surface area contributed by atoms with E-state index < -0.39 is 6.04 Å². The molecule has 0 aliphatic heterocycles. The molecule has 0 radical (unpaired) electrons. The summed E-state index contributed by atoms with van der Waals surface area (Å²) in [6, 6.07) is 12.8. The fourth-order valence-corrected chi connectivity index (χ4v) is 4.67. The molecular formula is C28H37ClN2O4. The average Bonchev–Trinajstić information content (AvgIpc) is 3.35. The smallest absolute Gasteiger partial charge is 0.242 e. The first-order chi connectivity index (χ1) is 16.9. The Morgan fingerprint density at radius 1 is 1.03 bits per heavy atom. The Morgan fingerprint density at radius 2 is 1.74 bits per heavy atom. The van der Waals surface area contributed by atoms with Crippen LogP contribution < -0.4 is 14.8 Å². The molecule has 0 unspecified atom stereocenters. The number of aryl methyl sites for hydroxylation is 1. The number of nitrogens with one attached hydrogen (secondary N) is 1. The number of carbonyl (C=O) groups excluding carboxylic acids is 2. The van der Waals surface area contributed by atoms with Crippen molar-refractivity contribution in [3.63, 3.8) is 0 Å². The zero-order chi connectivity index (χ0) is 25.2. The number of hydrogen-bond donors (Lipinski definition) is 1. The molecule has 1 atom stereocenters. The van der Waals surface area contributed by atoms with Crippen LogP contribution in [0.1, 0.15) is 64.0 Å². The number of halogens is 1. The van der Waals surface area contributed by atoms with Crippen molar-refractivity contribution in [2.45, 2.75) is 77.9 Å². The van der Waals surface area contributed by atoms with Crippen molar-refractivity contribution >= 4 is 23.4 Å². The molecule has 3 rings (SSSR count). The average molecular weight is 501 g/mol. The fourth-order valence-electron chi connectivity index (χ4n) is 4.45. The SMILES string of the molecule is CCOc1ccc(CCC(=O)N(Cc2cccc(Cl)c2)[C@H](C)C(=O)NC2CCCC2)cc1OCC. The van der Waals surface area contributed by atoms with E-state index in [1.165, 1.54) is 0 Å². The lowest BCUT2D eigenvalue weighted by Gasteiger charge is -2.30. The van der Waals surface area contributed by atoms with E-state index in [9.17, 15) is 9.59 Å². The molecule has 1 aliphatic carbocycles. The summed E-state index contributed by atoms with van der Waals surface area (Å²) in [5, 5.41) is 3.74. The van der Waals surface area contributed by atoms with Crippen molar-refractivity contribution in [2.24, 2.45) is 0 Å². The highest BCUT2D eigenvalue weighted by atomic mass is 35.5. The van der Waals surface area contributed by atoms with Crippen molar-refractivity contribution in [1.82, 2.24) is 10.2 Å². The van der Waals surface area contributed by atoms with Crippen LogP contribution in [0, 0.1) is 0 Å². The maximum absolute atomic E-state index is 13.4. The van der Waals surface area contributed by atoms with E-state index in [0.717, 1.165) is 36.8 Å². The normalized spacial score (nSPS) is 14.4. The van der Waals surface area contributed by atoms with Gasteiger partial charge in [0, 0.05) is 24.0 Å². The molecule has 1 fully saturated rings. The molecule has 1 aliphatic rings. The summed E-state index contributed by atoms with van der Waals surface area (Å²) in [5.74, 6) is 1.20. The maximum atomic E-state index is 13.4. The molecular weight excluding hydrogens is 464 g/mol. The van der Waals surface area contributed by atoms with E-state index in [2.05, 4.69) is 5.32 Å². The van der Waals surface area contributed by atoms with Crippen LogP contribution >= 0.6 is 11.6 Å². The molecule has 2 aromatic rings. The topological polar surface area (TPSA) is 67.9 Å². The molecule has 0 heterocycles. The molecule has 190 valence electrons. The van der Waals surface area contributed by atoms with Gasteiger partial charge in [-0.05, 0) is 75.4 Å². The van der Waals surface area contributed by atoms with Crippen LogP contribution in [0.4, 0.5) is 0 Å². The van der Waals surface area contributed by atoms with Gasteiger partial charge in [-0.25, -0.2) is 0 Å². The van der Waals surface area contributed by atoms with E-state index in [-0.39, 0.29) is 24.3 Å². The molecule has 6 nitrogen and oxygen atoms in total. The van der Waals surface area contributed by atoms with Gasteiger partial charge < -0.3 is 19.7 Å². The van der Waals surface area contributed by atoms with E-state index in [1.54, 1.807) is 17.9 Å². The van der Waals surface area contributed by atoms with Crippen LogP contribution in [0.25, 0.3) is 0 Å². The van der Waals surface area contributed by atoms with Gasteiger partial charge in [0.2, 0.25) is 11.8 Å². The maximum Gasteiger partial charge on any atom is 0.242 e. The van der Waals surface area contributed by atoms with E-state index >= 15 is 0 Å². The van der Waals surface area contributed by atoms with Gasteiger partial charge >= 0.3 is 0 Å². The van der Waals surface area contributed by atoms with Gasteiger partial charge in [0.25, 0.3) is 0 Å². The van der Waals surface area contributed by atoms with Gasteiger partial charge in [-0.15, -0.1) is 0 Å². The number of nitrogens with zero attached hydrogens (tertiary/aromatic N) is 1. The third-order valence-electron chi connectivity index (χ3n) is 6.35. The number of hydrogen-bond acceptors (Lipinski definition) is 4. The molecule has 2 aromatic carbocycles. The Balaban J connectivity index is 1.72. The fraction of sp³-hybridized carbons (Fsp3) is 0.500. The summed E-state index contributed by atoms with van der Waals surface area (Å²) >= 11 is 6.18. The number of rotatable bonds is 12. The molecule has 7 heteroatoms. The van der Waals surface area contributed by atoms with Crippen molar-refractivity contribution < 1.29 is 19.1 Å². The van der Waals surface area contributed by atoms with Gasteiger partial charge in [0.15, 0.2) is 11.5 Å². The zero-order valence-corrected chi connectivity index (χ0v) is 21.8. The Kier molecular flexibility index (Phi) is 10.3. The first-order valence-corrected chi connectivity index (χ1v) is 13.0. The molecule has 1 N–H and O–H groups in total. The largest absolute Gasteiger partial charge is 0.490 e. The standard InChI is InChI=1S/C28H37ClN2O4/c1-4-34-25-15-13-21(18-26(25)35-5-2)14-16-27(32)31(19-22-9-8-10-23(29)17-22)20(3)28(33)30-24-11-6-7-12-24/h8-10,13,15,17-18,20,24H,4-7,11-12,14,16,19H2,1-3H3,(H,30,33)/t20-/m1/s1. The number of benzene rings is 2. The van der Waals surface area contributed by atoms with E-state index in [1.807, 2.05) is 50.2 Å². The summed E-state index contributed by atoms with van der Waals surface area (Å²) in [5.41, 5.74) is 1.88. The minimum atomic E-state index is -0.582.